The Bertz CT molecular complexity index is 548. The van der Waals surface area contributed by atoms with Gasteiger partial charge in [0.05, 0.1) is 29.1 Å². The van der Waals surface area contributed by atoms with Crippen molar-refractivity contribution in [1.82, 2.24) is 9.55 Å². The van der Waals surface area contributed by atoms with Crippen molar-refractivity contribution in [3.8, 4) is 0 Å². The van der Waals surface area contributed by atoms with Crippen LogP contribution in [-0.2, 0) is 4.74 Å². The lowest BCUT2D eigenvalue weighted by atomic mass is 10.0. The van der Waals surface area contributed by atoms with Crippen LogP contribution in [0.3, 0.4) is 0 Å². The number of nitrogens with zero attached hydrogens (tertiary/aromatic N) is 2. The van der Waals surface area contributed by atoms with Crippen molar-refractivity contribution in [2.45, 2.75) is 32.2 Å². The van der Waals surface area contributed by atoms with Gasteiger partial charge in [-0.1, -0.05) is 26.0 Å². The normalized spacial score (nSPS) is 15.1. The molecule has 0 bridgehead atoms. The van der Waals surface area contributed by atoms with Gasteiger partial charge in [-0.3, -0.25) is 0 Å². The molecule has 0 fully saturated rings. The van der Waals surface area contributed by atoms with E-state index in [2.05, 4.69) is 29.5 Å². The molecule has 0 saturated carbocycles. The Hall–Kier alpha value is -1.06. The second-order valence-electron chi connectivity index (χ2n) is 5.21. The van der Waals surface area contributed by atoms with E-state index in [1.807, 2.05) is 25.1 Å². The molecule has 1 heterocycles. The lowest BCUT2D eigenvalue weighted by molar-refractivity contribution is 0.133. The molecule has 2 rings (SSSR count). The van der Waals surface area contributed by atoms with Crippen molar-refractivity contribution in [2.24, 2.45) is 5.92 Å². The Balaban J connectivity index is 2.63. The fourth-order valence-corrected chi connectivity index (χ4v) is 2.58. The summed E-state index contributed by atoms with van der Waals surface area (Å²) >= 11 is 6.30. The minimum atomic E-state index is -0.120. The molecule has 0 aliphatic rings. The Morgan fingerprint density at radius 2 is 1.95 bits per heavy atom. The monoisotopic (exact) mass is 280 g/mol. The van der Waals surface area contributed by atoms with Crippen LogP contribution in [0.15, 0.2) is 24.3 Å². The van der Waals surface area contributed by atoms with Gasteiger partial charge < -0.3 is 9.30 Å². The molecular weight excluding hydrogens is 260 g/mol. The highest BCUT2D eigenvalue weighted by atomic mass is 35.5. The quantitative estimate of drug-likeness (QED) is 0.768. The summed E-state index contributed by atoms with van der Waals surface area (Å²) in [6.45, 7) is 7.01. The number of methoxy groups -OCH3 is 1. The van der Waals surface area contributed by atoms with Crippen molar-refractivity contribution in [2.75, 3.05) is 13.7 Å². The standard InChI is InChI=1S/C15H21ClN2O/c1-10(2)14(9-19-4)18-13-8-6-5-7-12(13)17-15(18)11(3)16/h5-8,10-11,14H,9H2,1-4H3. The van der Waals surface area contributed by atoms with E-state index in [1.165, 1.54) is 0 Å². The Morgan fingerprint density at radius 1 is 1.26 bits per heavy atom. The number of aromatic nitrogens is 2. The van der Waals surface area contributed by atoms with E-state index in [9.17, 15) is 0 Å². The van der Waals surface area contributed by atoms with Crippen molar-refractivity contribution in [3.05, 3.63) is 30.1 Å². The van der Waals surface area contributed by atoms with Crippen LogP contribution in [0, 0.1) is 5.92 Å². The highest BCUT2D eigenvalue weighted by Crippen LogP contribution is 2.31. The molecule has 0 spiro atoms. The maximum absolute atomic E-state index is 6.30. The van der Waals surface area contributed by atoms with Crippen LogP contribution in [0.2, 0.25) is 0 Å². The summed E-state index contributed by atoms with van der Waals surface area (Å²) in [6.07, 6.45) is 0. The van der Waals surface area contributed by atoms with Crippen LogP contribution < -0.4 is 0 Å². The summed E-state index contributed by atoms with van der Waals surface area (Å²) in [6, 6.07) is 8.40. The lowest BCUT2D eigenvalue weighted by Crippen LogP contribution is -2.22. The molecule has 104 valence electrons. The molecule has 3 nitrogen and oxygen atoms in total. The first-order chi connectivity index (χ1) is 9.06. The van der Waals surface area contributed by atoms with Gasteiger partial charge in [0.1, 0.15) is 5.82 Å². The third-order valence-corrected chi connectivity index (χ3v) is 3.61. The van der Waals surface area contributed by atoms with Crippen LogP contribution in [0.5, 0.6) is 0 Å². The molecule has 4 heteroatoms. The van der Waals surface area contributed by atoms with Gasteiger partial charge in [0.15, 0.2) is 0 Å². The van der Waals surface area contributed by atoms with E-state index in [4.69, 9.17) is 16.3 Å². The van der Waals surface area contributed by atoms with E-state index in [-0.39, 0.29) is 11.4 Å². The number of imidazole rings is 1. The molecule has 1 aromatic heterocycles. The van der Waals surface area contributed by atoms with Gasteiger partial charge in [-0.25, -0.2) is 4.98 Å². The first-order valence-corrected chi connectivity index (χ1v) is 7.09. The van der Waals surface area contributed by atoms with Crippen molar-refractivity contribution < 1.29 is 4.74 Å². The average molecular weight is 281 g/mol. The minimum absolute atomic E-state index is 0.120. The van der Waals surface area contributed by atoms with Gasteiger partial charge in [-0.2, -0.15) is 0 Å². The second kappa shape index (κ2) is 5.93. The number of para-hydroxylation sites is 2. The molecule has 1 aromatic carbocycles. The predicted molar refractivity (Wildman–Crippen MR) is 79.8 cm³/mol. The van der Waals surface area contributed by atoms with Gasteiger partial charge in [0, 0.05) is 7.11 Å². The van der Waals surface area contributed by atoms with Gasteiger partial charge in [0.2, 0.25) is 0 Å². The number of ether oxygens (including phenoxy) is 1. The third-order valence-electron chi connectivity index (χ3n) is 3.42. The molecular formula is C15H21ClN2O. The summed E-state index contributed by atoms with van der Waals surface area (Å²) in [5, 5.41) is -0.120. The topological polar surface area (TPSA) is 27.1 Å². The molecule has 0 aliphatic carbocycles. The van der Waals surface area contributed by atoms with Crippen molar-refractivity contribution in [1.29, 1.82) is 0 Å². The summed E-state index contributed by atoms with van der Waals surface area (Å²) in [7, 11) is 1.73. The number of fused-ring (bicyclic) bond motifs is 1. The van der Waals surface area contributed by atoms with E-state index in [0.717, 1.165) is 16.9 Å². The molecule has 19 heavy (non-hydrogen) atoms. The Labute approximate surface area is 119 Å². The molecule has 0 aliphatic heterocycles. The highest BCUT2D eigenvalue weighted by molar-refractivity contribution is 6.20. The SMILES string of the molecule is COCC(C(C)C)n1c(C(C)Cl)nc2ccccc21. The molecule has 0 amide bonds. The number of hydrogen-bond donors (Lipinski definition) is 0. The molecule has 0 radical (unpaired) electrons. The average Bonchev–Trinajstić information content (AvgIpc) is 2.75. The van der Waals surface area contributed by atoms with Gasteiger partial charge in [-0.15, -0.1) is 11.6 Å². The largest absolute Gasteiger partial charge is 0.383 e. The van der Waals surface area contributed by atoms with Gasteiger partial charge >= 0.3 is 0 Å². The number of alkyl halides is 1. The van der Waals surface area contributed by atoms with E-state index in [1.54, 1.807) is 7.11 Å². The van der Waals surface area contributed by atoms with Crippen LogP contribution in [0.1, 0.15) is 38.0 Å². The van der Waals surface area contributed by atoms with Crippen molar-refractivity contribution >= 4 is 22.6 Å². The second-order valence-corrected chi connectivity index (χ2v) is 5.87. The smallest absolute Gasteiger partial charge is 0.128 e. The molecule has 2 aromatic rings. The lowest BCUT2D eigenvalue weighted by Gasteiger charge is -2.25. The summed E-state index contributed by atoms with van der Waals surface area (Å²) in [5.41, 5.74) is 2.12. The van der Waals surface area contributed by atoms with Gasteiger partial charge in [-0.05, 0) is 25.0 Å². The molecule has 0 saturated heterocycles. The van der Waals surface area contributed by atoms with E-state index >= 15 is 0 Å². The number of rotatable bonds is 5. The van der Waals surface area contributed by atoms with Gasteiger partial charge in [0.25, 0.3) is 0 Å². The summed E-state index contributed by atoms with van der Waals surface area (Å²) < 4.78 is 7.62. The zero-order valence-electron chi connectivity index (χ0n) is 11.9. The fraction of sp³-hybridized carbons (Fsp3) is 0.533. The first-order valence-electron chi connectivity index (χ1n) is 6.66. The highest BCUT2D eigenvalue weighted by Gasteiger charge is 2.23. The fourth-order valence-electron chi connectivity index (χ4n) is 2.43. The molecule has 2 unspecified atom stereocenters. The van der Waals surface area contributed by atoms with Crippen LogP contribution >= 0.6 is 11.6 Å². The van der Waals surface area contributed by atoms with E-state index in [0.29, 0.717) is 12.5 Å². The Kier molecular flexibility index (Phi) is 4.48. The summed E-state index contributed by atoms with van der Waals surface area (Å²) in [5.74, 6) is 1.37. The molecule has 0 N–H and O–H groups in total. The summed E-state index contributed by atoms with van der Waals surface area (Å²) in [4.78, 5) is 4.67. The minimum Gasteiger partial charge on any atom is -0.383 e. The Morgan fingerprint density at radius 3 is 2.53 bits per heavy atom. The predicted octanol–water partition coefficient (Wildman–Crippen LogP) is 4.18. The number of hydrogen-bond acceptors (Lipinski definition) is 2. The maximum Gasteiger partial charge on any atom is 0.128 e. The van der Waals surface area contributed by atoms with Crippen molar-refractivity contribution in [3.63, 3.8) is 0 Å². The van der Waals surface area contributed by atoms with Crippen LogP contribution in [0.4, 0.5) is 0 Å². The number of benzene rings is 1. The zero-order valence-corrected chi connectivity index (χ0v) is 12.7. The number of halogens is 1. The van der Waals surface area contributed by atoms with Crippen LogP contribution in [0.25, 0.3) is 11.0 Å². The van der Waals surface area contributed by atoms with E-state index < -0.39 is 0 Å². The van der Waals surface area contributed by atoms with Crippen LogP contribution in [-0.4, -0.2) is 23.3 Å². The maximum atomic E-state index is 6.30. The third kappa shape index (κ3) is 2.77. The zero-order chi connectivity index (χ0) is 14.0. The first kappa shape index (κ1) is 14.4. The molecule has 2 atom stereocenters.